The fourth-order valence-electron chi connectivity index (χ4n) is 2.90. The van der Waals surface area contributed by atoms with Crippen molar-refractivity contribution in [2.45, 2.75) is 38.0 Å². The molecule has 1 aliphatic rings. The van der Waals surface area contributed by atoms with E-state index in [1.54, 1.807) is 38.1 Å². The number of amides is 2. The smallest absolute Gasteiger partial charge is 0.267 e. The van der Waals surface area contributed by atoms with Crippen molar-refractivity contribution in [2.75, 3.05) is 6.61 Å². The average molecular weight is 399 g/mol. The summed E-state index contributed by atoms with van der Waals surface area (Å²) < 4.78 is 0. The molecule has 0 spiro atoms. The predicted octanol–water partition coefficient (Wildman–Crippen LogP) is -0.628. The molecular formula is C21H25N3O5. The minimum Gasteiger partial charge on any atom is -0.396 e. The maximum absolute atomic E-state index is 12.4. The zero-order valence-corrected chi connectivity index (χ0v) is 16.3. The highest BCUT2D eigenvalue weighted by molar-refractivity contribution is 5.97. The van der Waals surface area contributed by atoms with Gasteiger partial charge in [-0.1, -0.05) is 11.8 Å². The Morgan fingerprint density at radius 1 is 1.28 bits per heavy atom. The maximum atomic E-state index is 12.4. The van der Waals surface area contributed by atoms with E-state index in [1.807, 2.05) is 0 Å². The van der Waals surface area contributed by atoms with E-state index in [4.69, 9.17) is 16.0 Å². The Labute approximate surface area is 169 Å². The lowest BCUT2D eigenvalue weighted by Crippen LogP contribution is -2.61. The van der Waals surface area contributed by atoms with Crippen LogP contribution in [0.3, 0.4) is 0 Å². The van der Waals surface area contributed by atoms with E-state index in [2.05, 4.69) is 29.0 Å². The molecule has 1 unspecified atom stereocenters. The van der Waals surface area contributed by atoms with Crippen LogP contribution in [0.1, 0.15) is 36.2 Å². The second-order valence-electron chi connectivity index (χ2n) is 7.56. The van der Waals surface area contributed by atoms with Crippen LogP contribution in [-0.2, 0) is 4.79 Å². The Kier molecular flexibility index (Phi) is 7.38. The lowest BCUT2D eigenvalue weighted by Gasteiger charge is -2.37. The molecule has 1 aromatic carbocycles. The van der Waals surface area contributed by atoms with Crippen molar-refractivity contribution < 1.29 is 25.0 Å². The molecule has 1 aromatic rings. The van der Waals surface area contributed by atoms with E-state index in [0.717, 1.165) is 0 Å². The molecule has 0 aromatic heterocycles. The number of hydroxylamine groups is 1. The molecule has 8 heteroatoms. The first kappa shape index (κ1) is 22.4. The van der Waals surface area contributed by atoms with Gasteiger partial charge in [0.2, 0.25) is 0 Å². The van der Waals surface area contributed by atoms with Gasteiger partial charge in [0.25, 0.3) is 11.8 Å². The van der Waals surface area contributed by atoms with Crippen LogP contribution in [0.15, 0.2) is 24.3 Å². The summed E-state index contributed by atoms with van der Waals surface area (Å²) in [5, 5.41) is 30.0. The van der Waals surface area contributed by atoms with E-state index < -0.39 is 29.5 Å². The summed E-state index contributed by atoms with van der Waals surface area (Å²) in [7, 11) is 0. The highest BCUT2D eigenvalue weighted by Crippen LogP contribution is 2.33. The van der Waals surface area contributed by atoms with Crippen molar-refractivity contribution in [3.8, 4) is 23.7 Å². The van der Waals surface area contributed by atoms with Gasteiger partial charge in [0.1, 0.15) is 6.04 Å². The van der Waals surface area contributed by atoms with Gasteiger partial charge in [-0.2, -0.15) is 0 Å². The first-order valence-corrected chi connectivity index (χ1v) is 9.11. The second kappa shape index (κ2) is 9.55. The summed E-state index contributed by atoms with van der Waals surface area (Å²) in [5.41, 5.74) is 7.25. The topological polar surface area (TPSA) is 145 Å². The molecule has 0 aliphatic heterocycles. The van der Waals surface area contributed by atoms with Crippen molar-refractivity contribution in [2.24, 2.45) is 17.6 Å². The summed E-state index contributed by atoms with van der Waals surface area (Å²) >= 11 is 0. The van der Waals surface area contributed by atoms with Gasteiger partial charge in [0.15, 0.2) is 0 Å². The van der Waals surface area contributed by atoms with Gasteiger partial charge >= 0.3 is 0 Å². The van der Waals surface area contributed by atoms with Gasteiger partial charge in [-0.25, -0.2) is 5.48 Å². The minimum absolute atomic E-state index is 0.0498. The zero-order valence-electron chi connectivity index (χ0n) is 16.3. The number of nitrogens with two attached hydrogens (primary N) is 1. The van der Waals surface area contributed by atoms with Crippen molar-refractivity contribution in [3.05, 3.63) is 35.4 Å². The number of carbonyl (C=O) groups excluding carboxylic acids is 2. The summed E-state index contributed by atoms with van der Waals surface area (Å²) in [5.74, 6) is 9.62. The van der Waals surface area contributed by atoms with Crippen molar-refractivity contribution in [3.63, 3.8) is 0 Å². The standard InChI is InChI=1S/C21H25N3O5/c1-21(2,22)18(20(28)24-29)23-19(27)14-9-7-13(8-10-14)5-3-4-6-15-11-17(26)16(15)12-25/h7-10,15-18,25-26,29H,11-12,22H2,1-2H3,(H,23,27)(H,24,28)/t15?,16-,17-,18-/m1/s1. The minimum atomic E-state index is -1.12. The molecule has 4 atom stereocenters. The van der Waals surface area contributed by atoms with Gasteiger partial charge in [-0.05, 0) is 56.4 Å². The molecule has 0 saturated heterocycles. The Bertz CT molecular complexity index is 868. The third-order valence-electron chi connectivity index (χ3n) is 4.78. The number of nitrogens with one attached hydrogen (secondary N) is 2. The van der Waals surface area contributed by atoms with Crippen LogP contribution < -0.4 is 16.5 Å². The summed E-state index contributed by atoms with van der Waals surface area (Å²) in [4.78, 5) is 24.1. The number of benzene rings is 1. The normalized spacial score (nSPS) is 21.4. The largest absolute Gasteiger partial charge is 0.396 e. The summed E-state index contributed by atoms with van der Waals surface area (Å²) in [6.45, 7) is 3.01. The van der Waals surface area contributed by atoms with E-state index in [1.165, 1.54) is 5.48 Å². The van der Waals surface area contributed by atoms with Crippen molar-refractivity contribution in [1.82, 2.24) is 10.8 Å². The fourth-order valence-corrected chi connectivity index (χ4v) is 2.90. The molecule has 2 rings (SSSR count). The highest BCUT2D eigenvalue weighted by Gasteiger charge is 2.38. The van der Waals surface area contributed by atoms with E-state index in [-0.39, 0.29) is 18.4 Å². The first-order chi connectivity index (χ1) is 13.7. The number of aliphatic hydroxyl groups is 2. The fraction of sp³-hybridized carbons (Fsp3) is 0.429. The monoisotopic (exact) mass is 399 g/mol. The molecule has 0 bridgehead atoms. The van der Waals surface area contributed by atoms with E-state index in [9.17, 15) is 14.7 Å². The molecule has 0 heterocycles. The number of hydrogen-bond acceptors (Lipinski definition) is 6. The van der Waals surface area contributed by atoms with Gasteiger partial charge in [0.05, 0.1) is 6.10 Å². The first-order valence-electron chi connectivity index (χ1n) is 9.11. The molecule has 29 heavy (non-hydrogen) atoms. The Balaban J connectivity index is 2.00. The number of carbonyl (C=O) groups is 2. The van der Waals surface area contributed by atoms with Gasteiger partial charge < -0.3 is 21.3 Å². The van der Waals surface area contributed by atoms with Crippen LogP contribution in [0, 0.1) is 35.5 Å². The molecule has 1 fully saturated rings. The Morgan fingerprint density at radius 3 is 2.45 bits per heavy atom. The number of aliphatic hydroxyl groups excluding tert-OH is 2. The van der Waals surface area contributed by atoms with Gasteiger partial charge in [-0.3, -0.25) is 14.8 Å². The maximum Gasteiger partial charge on any atom is 0.267 e. The molecule has 1 aliphatic carbocycles. The number of rotatable bonds is 5. The Morgan fingerprint density at radius 2 is 1.93 bits per heavy atom. The quantitative estimate of drug-likeness (QED) is 0.221. The SMILES string of the molecule is CC(C)(N)[C@H](NC(=O)c1ccc(C#CC#CC2C[C@@H](O)[C@@H]2CO)cc1)C(=O)NO. The van der Waals surface area contributed by atoms with E-state index in [0.29, 0.717) is 17.5 Å². The van der Waals surface area contributed by atoms with Crippen LogP contribution in [-0.4, -0.2) is 51.5 Å². The molecule has 0 radical (unpaired) electrons. The zero-order chi connectivity index (χ0) is 21.6. The van der Waals surface area contributed by atoms with Crippen molar-refractivity contribution in [1.29, 1.82) is 0 Å². The molecule has 2 amide bonds. The van der Waals surface area contributed by atoms with Gasteiger partial charge in [0, 0.05) is 35.1 Å². The number of hydrogen-bond donors (Lipinski definition) is 6. The average Bonchev–Trinajstić information content (AvgIpc) is 2.67. The van der Waals surface area contributed by atoms with Crippen LogP contribution in [0.25, 0.3) is 0 Å². The summed E-state index contributed by atoms with van der Waals surface area (Å²) in [6.07, 6.45) is 0.0392. The summed E-state index contributed by atoms with van der Waals surface area (Å²) in [6, 6.07) is 5.26. The predicted molar refractivity (Wildman–Crippen MR) is 105 cm³/mol. The molecule has 154 valence electrons. The van der Waals surface area contributed by atoms with Crippen LogP contribution in [0.4, 0.5) is 0 Å². The van der Waals surface area contributed by atoms with Crippen LogP contribution in [0.2, 0.25) is 0 Å². The lowest BCUT2D eigenvalue weighted by molar-refractivity contribution is -0.132. The third-order valence-corrected chi connectivity index (χ3v) is 4.78. The molecule has 1 saturated carbocycles. The van der Waals surface area contributed by atoms with Gasteiger partial charge in [-0.15, -0.1) is 0 Å². The molecule has 8 nitrogen and oxygen atoms in total. The highest BCUT2D eigenvalue weighted by atomic mass is 16.5. The second-order valence-corrected chi connectivity index (χ2v) is 7.56. The molecular weight excluding hydrogens is 374 g/mol. The Hall–Kier alpha value is -2.88. The van der Waals surface area contributed by atoms with Crippen LogP contribution in [0.5, 0.6) is 0 Å². The third kappa shape index (κ3) is 5.80. The lowest BCUT2D eigenvalue weighted by atomic mass is 9.72. The van der Waals surface area contributed by atoms with Crippen LogP contribution >= 0.6 is 0 Å². The molecule has 7 N–H and O–H groups in total. The van der Waals surface area contributed by atoms with Crippen molar-refractivity contribution >= 4 is 11.8 Å². The van der Waals surface area contributed by atoms with E-state index >= 15 is 0 Å².